The zero-order valence-corrected chi connectivity index (χ0v) is 6.41. The van der Waals surface area contributed by atoms with E-state index in [2.05, 4.69) is 6.58 Å². The van der Waals surface area contributed by atoms with Crippen LogP contribution in [0.25, 0.3) is 0 Å². The highest BCUT2D eigenvalue weighted by atomic mass is 35.5. The first-order valence-electron chi connectivity index (χ1n) is 2.57. The van der Waals surface area contributed by atoms with Gasteiger partial charge in [-0.15, -0.1) is 29.8 Å². The summed E-state index contributed by atoms with van der Waals surface area (Å²) in [5.74, 6) is 0.426. The molecule has 0 aliphatic carbocycles. The van der Waals surface area contributed by atoms with E-state index in [9.17, 15) is 0 Å². The molecule has 0 rings (SSSR count). The second-order valence-electron chi connectivity index (χ2n) is 1.84. The Hall–Kier alpha value is 0.320. The summed E-state index contributed by atoms with van der Waals surface area (Å²) in [6, 6.07) is 0. The molecule has 0 radical (unpaired) electrons. The summed E-state index contributed by atoms with van der Waals surface area (Å²) >= 11 is 10.9. The van der Waals surface area contributed by atoms with Crippen LogP contribution < -0.4 is 0 Å². The molecule has 0 aliphatic heterocycles. The van der Waals surface area contributed by atoms with E-state index in [4.69, 9.17) is 23.2 Å². The molecule has 0 aromatic heterocycles. The van der Waals surface area contributed by atoms with Gasteiger partial charge in [0.2, 0.25) is 0 Å². The average Bonchev–Trinajstić information content (AvgIpc) is 1.65. The maximum atomic E-state index is 5.47. The maximum Gasteiger partial charge on any atom is 0.108 e. The van der Waals surface area contributed by atoms with E-state index in [1.807, 2.05) is 13.0 Å². The summed E-state index contributed by atoms with van der Waals surface area (Å²) in [5, 5.41) is 0. The Bertz CT molecular complexity index is 68.9. The molecule has 0 fully saturated rings. The molecular formula is C6H10Cl2. The highest BCUT2D eigenvalue weighted by molar-refractivity contribution is 6.44. The normalized spacial score (nSPS) is 14.0. The van der Waals surface area contributed by atoms with Crippen LogP contribution in [-0.2, 0) is 0 Å². The number of hydrogen-bond donors (Lipinski definition) is 0. The van der Waals surface area contributed by atoms with Gasteiger partial charge in [0.15, 0.2) is 0 Å². The molecule has 0 heterocycles. The van der Waals surface area contributed by atoms with E-state index in [0.29, 0.717) is 5.92 Å². The van der Waals surface area contributed by atoms with Crippen molar-refractivity contribution in [1.82, 2.24) is 0 Å². The maximum absolute atomic E-state index is 5.47. The molecule has 2 heteroatoms. The molecule has 1 unspecified atom stereocenters. The summed E-state index contributed by atoms with van der Waals surface area (Å²) in [6.07, 6.45) is 2.64. The molecule has 0 aromatic rings. The minimum Gasteiger partial charge on any atom is -0.105 e. The van der Waals surface area contributed by atoms with E-state index >= 15 is 0 Å². The molecule has 0 spiro atoms. The van der Waals surface area contributed by atoms with Gasteiger partial charge in [-0.05, 0) is 12.3 Å². The van der Waals surface area contributed by atoms with Crippen LogP contribution in [-0.4, -0.2) is 4.84 Å². The molecule has 0 aromatic carbocycles. The second kappa shape index (κ2) is 4.22. The fraction of sp³-hybridized carbons (Fsp3) is 0.667. The van der Waals surface area contributed by atoms with Crippen molar-refractivity contribution in [2.45, 2.75) is 18.2 Å². The Kier molecular flexibility index (Phi) is 4.39. The number of allylic oxidation sites excluding steroid dienone is 1. The summed E-state index contributed by atoms with van der Waals surface area (Å²) < 4.78 is 0. The summed E-state index contributed by atoms with van der Waals surface area (Å²) in [4.78, 5) is -0.247. The lowest BCUT2D eigenvalue weighted by Gasteiger charge is -2.03. The Morgan fingerprint density at radius 1 is 1.62 bits per heavy atom. The lowest BCUT2D eigenvalue weighted by Crippen LogP contribution is -1.95. The van der Waals surface area contributed by atoms with Gasteiger partial charge in [0.05, 0.1) is 0 Å². The predicted molar refractivity (Wildman–Crippen MR) is 39.5 cm³/mol. The molecule has 8 heavy (non-hydrogen) atoms. The van der Waals surface area contributed by atoms with Gasteiger partial charge in [-0.25, -0.2) is 0 Å². The summed E-state index contributed by atoms with van der Waals surface area (Å²) in [6.45, 7) is 5.63. The monoisotopic (exact) mass is 152 g/mol. The van der Waals surface area contributed by atoms with Crippen molar-refractivity contribution in [3.63, 3.8) is 0 Å². The van der Waals surface area contributed by atoms with Crippen LogP contribution in [0.4, 0.5) is 0 Å². The standard InChI is InChI=1S/C6H10Cl2/c1-3-5(2)4-6(7)8/h3,5-6H,1,4H2,2H3. The zero-order valence-electron chi connectivity index (χ0n) is 4.90. The van der Waals surface area contributed by atoms with Crippen LogP contribution in [0.5, 0.6) is 0 Å². The first-order valence-corrected chi connectivity index (χ1v) is 3.44. The highest BCUT2D eigenvalue weighted by Gasteiger charge is 2.01. The van der Waals surface area contributed by atoms with E-state index in [-0.39, 0.29) is 4.84 Å². The number of hydrogen-bond acceptors (Lipinski definition) is 0. The minimum atomic E-state index is -0.247. The van der Waals surface area contributed by atoms with E-state index < -0.39 is 0 Å². The zero-order chi connectivity index (χ0) is 6.57. The largest absolute Gasteiger partial charge is 0.108 e. The van der Waals surface area contributed by atoms with E-state index in [1.165, 1.54) is 0 Å². The average molecular weight is 153 g/mol. The van der Waals surface area contributed by atoms with Crippen molar-refractivity contribution in [3.8, 4) is 0 Å². The van der Waals surface area contributed by atoms with Gasteiger partial charge < -0.3 is 0 Å². The van der Waals surface area contributed by atoms with Crippen molar-refractivity contribution in [2.24, 2.45) is 5.92 Å². The third-order valence-corrected chi connectivity index (χ3v) is 1.31. The topological polar surface area (TPSA) is 0 Å². The Balaban J connectivity index is 3.23. The second-order valence-corrected chi connectivity index (χ2v) is 3.12. The molecular weight excluding hydrogens is 143 g/mol. The van der Waals surface area contributed by atoms with Crippen molar-refractivity contribution in [1.29, 1.82) is 0 Å². The fourth-order valence-corrected chi connectivity index (χ4v) is 0.939. The Morgan fingerprint density at radius 2 is 2.12 bits per heavy atom. The van der Waals surface area contributed by atoms with Gasteiger partial charge in [0, 0.05) is 0 Å². The van der Waals surface area contributed by atoms with Gasteiger partial charge in [-0.1, -0.05) is 13.0 Å². The smallest absolute Gasteiger partial charge is 0.105 e. The van der Waals surface area contributed by atoms with Crippen LogP contribution in [0, 0.1) is 5.92 Å². The number of rotatable bonds is 3. The quantitative estimate of drug-likeness (QED) is 0.431. The minimum absolute atomic E-state index is 0.247. The molecule has 0 saturated heterocycles. The van der Waals surface area contributed by atoms with Gasteiger partial charge in [0.25, 0.3) is 0 Å². The Labute approximate surface area is 60.5 Å². The third kappa shape index (κ3) is 4.48. The number of alkyl halides is 2. The van der Waals surface area contributed by atoms with Crippen molar-refractivity contribution in [3.05, 3.63) is 12.7 Å². The molecule has 0 amide bonds. The van der Waals surface area contributed by atoms with Gasteiger partial charge >= 0.3 is 0 Å². The first-order chi connectivity index (χ1) is 3.66. The molecule has 0 aliphatic rings. The molecule has 0 nitrogen and oxygen atoms in total. The van der Waals surface area contributed by atoms with Gasteiger partial charge in [-0.2, -0.15) is 0 Å². The van der Waals surface area contributed by atoms with Crippen LogP contribution >= 0.6 is 23.2 Å². The van der Waals surface area contributed by atoms with E-state index in [1.54, 1.807) is 0 Å². The number of halogens is 2. The molecule has 1 atom stereocenters. The van der Waals surface area contributed by atoms with Crippen molar-refractivity contribution in [2.75, 3.05) is 0 Å². The SMILES string of the molecule is C=CC(C)CC(Cl)Cl. The van der Waals surface area contributed by atoms with Gasteiger partial charge in [-0.3, -0.25) is 0 Å². The molecule has 0 bridgehead atoms. The molecule has 0 N–H and O–H groups in total. The lowest BCUT2D eigenvalue weighted by atomic mass is 10.1. The Morgan fingerprint density at radius 3 is 2.25 bits per heavy atom. The fourth-order valence-electron chi connectivity index (χ4n) is 0.377. The van der Waals surface area contributed by atoms with Crippen LogP contribution in [0.2, 0.25) is 0 Å². The van der Waals surface area contributed by atoms with Crippen LogP contribution in [0.15, 0.2) is 12.7 Å². The highest BCUT2D eigenvalue weighted by Crippen LogP contribution is 2.14. The van der Waals surface area contributed by atoms with Gasteiger partial charge in [0.1, 0.15) is 4.84 Å². The van der Waals surface area contributed by atoms with Crippen molar-refractivity contribution >= 4 is 23.2 Å². The van der Waals surface area contributed by atoms with E-state index in [0.717, 1.165) is 6.42 Å². The third-order valence-electron chi connectivity index (χ3n) is 0.952. The summed E-state index contributed by atoms with van der Waals surface area (Å²) in [7, 11) is 0. The first kappa shape index (κ1) is 8.32. The predicted octanol–water partition coefficient (Wildman–Crippen LogP) is 3.00. The molecule has 0 saturated carbocycles. The van der Waals surface area contributed by atoms with Crippen LogP contribution in [0.3, 0.4) is 0 Å². The summed E-state index contributed by atoms with van der Waals surface area (Å²) in [5.41, 5.74) is 0. The van der Waals surface area contributed by atoms with Crippen LogP contribution in [0.1, 0.15) is 13.3 Å². The molecule has 48 valence electrons. The van der Waals surface area contributed by atoms with Crippen molar-refractivity contribution < 1.29 is 0 Å². The lowest BCUT2D eigenvalue weighted by molar-refractivity contribution is 0.685.